The Bertz CT molecular complexity index is 337. The van der Waals surface area contributed by atoms with E-state index in [1.807, 2.05) is 6.07 Å². The summed E-state index contributed by atoms with van der Waals surface area (Å²) in [4.78, 5) is 6.54. The largest absolute Gasteiger partial charge is 0.382 e. The first-order valence-corrected chi connectivity index (χ1v) is 5.65. The van der Waals surface area contributed by atoms with E-state index in [9.17, 15) is 0 Å². The predicted molar refractivity (Wildman–Crippen MR) is 63.9 cm³/mol. The normalized spacial score (nSPS) is 26.7. The standard InChI is InChI=1S/C12H19N3/c1-9-5-6-10(2)15(8-9)11-4-3-7-14-12(11)13/h3-4,7,9-10H,5-6,8H2,1-2H3,(H2,13,14). The summed E-state index contributed by atoms with van der Waals surface area (Å²) in [6, 6.07) is 4.60. The minimum absolute atomic E-state index is 0.577. The van der Waals surface area contributed by atoms with E-state index in [1.165, 1.54) is 12.8 Å². The summed E-state index contributed by atoms with van der Waals surface area (Å²) in [5.74, 6) is 1.40. The molecule has 0 radical (unpaired) electrons. The first-order chi connectivity index (χ1) is 7.18. The predicted octanol–water partition coefficient (Wildman–Crippen LogP) is 2.29. The lowest BCUT2D eigenvalue weighted by Crippen LogP contribution is -2.41. The fourth-order valence-electron chi connectivity index (χ4n) is 2.28. The van der Waals surface area contributed by atoms with E-state index in [0.29, 0.717) is 11.9 Å². The molecule has 1 aliphatic heterocycles. The van der Waals surface area contributed by atoms with Crippen molar-refractivity contribution in [2.75, 3.05) is 17.2 Å². The van der Waals surface area contributed by atoms with Gasteiger partial charge in [-0.15, -0.1) is 0 Å². The Balaban J connectivity index is 2.25. The van der Waals surface area contributed by atoms with Crippen molar-refractivity contribution in [2.45, 2.75) is 32.7 Å². The number of nitrogens with zero attached hydrogens (tertiary/aromatic N) is 2. The molecule has 2 heterocycles. The first kappa shape index (κ1) is 10.3. The fraction of sp³-hybridized carbons (Fsp3) is 0.583. The molecular formula is C12H19N3. The summed E-state index contributed by atoms with van der Waals surface area (Å²) in [6.07, 6.45) is 4.31. The zero-order valence-electron chi connectivity index (χ0n) is 9.48. The maximum atomic E-state index is 5.91. The number of aromatic nitrogens is 1. The van der Waals surface area contributed by atoms with Gasteiger partial charge in [0.05, 0.1) is 5.69 Å². The highest BCUT2D eigenvalue weighted by atomic mass is 15.2. The van der Waals surface area contributed by atoms with Crippen LogP contribution in [0, 0.1) is 5.92 Å². The number of hydrogen-bond donors (Lipinski definition) is 1. The lowest BCUT2D eigenvalue weighted by atomic mass is 9.94. The number of nitrogen functional groups attached to an aromatic ring is 1. The lowest BCUT2D eigenvalue weighted by Gasteiger charge is -2.38. The van der Waals surface area contributed by atoms with Gasteiger partial charge in [0, 0.05) is 18.8 Å². The lowest BCUT2D eigenvalue weighted by molar-refractivity contribution is 0.390. The molecule has 2 unspecified atom stereocenters. The van der Waals surface area contributed by atoms with E-state index >= 15 is 0 Å². The van der Waals surface area contributed by atoms with Crippen LogP contribution in [0.15, 0.2) is 18.3 Å². The Hall–Kier alpha value is -1.25. The minimum atomic E-state index is 0.577. The van der Waals surface area contributed by atoms with Gasteiger partial charge in [0.2, 0.25) is 0 Å². The molecule has 2 rings (SSSR count). The van der Waals surface area contributed by atoms with E-state index in [1.54, 1.807) is 6.20 Å². The third kappa shape index (κ3) is 2.06. The molecular weight excluding hydrogens is 186 g/mol. The number of hydrogen-bond acceptors (Lipinski definition) is 3. The summed E-state index contributed by atoms with van der Waals surface area (Å²) < 4.78 is 0. The van der Waals surface area contributed by atoms with Crippen molar-refractivity contribution in [3.8, 4) is 0 Å². The Labute approximate surface area is 91.3 Å². The summed E-state index contributed by atoms with van der Waals surface area (Å²) in [5.41, 5.74) is 7.00. The molecule has 0 saturated carbocycles. The van der Waals surface area contributed by atoms with Gasteiger partial charge < -0.3 is 10.6 Å². The monoisotopic (exact) mass is 205 g/mol. The Morgan fingerprint density at radius 1 is 1.40 bits per heavy atom. The number of pyridine rings is 1. The summed E-state index contributed by atoms with van der Waals surface area (Å²) in [7, 11) is 0. The maximum absolute atomic E-state index is 5.91. The van der Waals surface area contributed by atoms with Gasteiger partial charge in [0.25, 0.3) is 0 Å². The molecule has 3 heteroatoms. The zero-order valence-corrected chi connectivity index (χ0v) is 9.48. The van der Waals surface area contributed by atoms with Crippen LogP contribution in [0.1, 0.15) is 26.7 Å². The van der Waals surface area contributed by atoms with Gasteiger partial charge in [-0.3, -0.25) is 0 Å². The molecule has 82 valence electrons. The van der Waals surface area contributed by atoms with Crippen LogP contribution in [0.2, 0.25) is 0 Å². The maximum Gasteiger partial charge on any atom is 0.146 e. The van der Waals surface area contributed by atoms with Gasteiger partial charge in [0.1, 0.15) is 5.82 Å². The smallest absolute Gasteiger partial charge is 0.146 e. The zero-order chi connectivity index (χ0) is 10.8. The number of rotatable bonds is 1. The molecule has 0 aliphatic carbocycles. The molecule has 1 aromatic rings. The van der Waals surface area contributed by atoms with E-state index in [2.05, 4.69) is 29.8 Å². The van der Waals surface area contributed by atoms with E-state index in [4.69, 9.17) is 5.73 Å². The number of piperidine rings is 1. The van der Waals surface area contributed by atoms with Crippen molar-refractivity contribution in [2.24, 2.45) is 5.92 Å². The molecule has 2 N–H and O–H groups in total. The quantitative estimate of drug-likeness (QED) is 0.765. The van der Waals surface area contributed by atoms with Crippen LogP contribution in [-0.2, 0) is 0 Å². The van der Waals surface area contributed by atoms with Crippen molar-refractivity contribution >= 4 is 11.5 Å². The average Bonchev–Trinajstić information content (AvgIpc) is 2.23. The van der Waals surface area contributed by atoms with Crippen LogP contribution in [0.25, 0.3) is 0 Å². The average molecular weight is 205 g/mol. The summed E-state index contributed by atoms with van der Waals surface area (Å²) in [5, 5.41) is 0. The van der Waals surface area contributed by atoms with Crippen LogP contribution < -0.4 is 10.6 Å². The second-order valence-electron chi connectivity index (χ2n) is 4.59. The van der Waals surface area contributed by atoms with Crippen molar-refractivity contribution in [3.05, 3.63) is 18.3 Å². The highest BCUT2D eigenvalue weighted by Crippen LogP contribution is 2.29. The van der Waals surface area contributed by atoms with Crippen LogP contribution >= 0.6 is 0 Å². The van der Waals surface area contributed by atoms with Gasteiger partial charge >= 0.3 is 0 Å². The Morgan fingerprint density at radius 2 is 2.20 bits per heavy atom. The topological polar surface area (TPSA) is 42.2 Å². The molecule has 0 spiro atoms. The number of nitrogens with two attached hydrogens (primary N) is 1. The first-order valence-electron chi connectivity index (χ1n) is 5.65. The van der Waals surface area contributed by atoms with Gasteiger partial charge in [-0.1, -0.05) is 6.92 Å². The fourth-order valence-corrected chi connectivity index (χ4v) is 2.28. The molecule has 15 heavy (non-hydrogen) atoms. The molecule has 1 aromatic heterocycles. The van der Waals surface area contributed by atoms with Gasteiger partial charge in [-0.25, -0.2) is 4.98 Å². The van der Waals surface area contributed by atoms with Crippen molar-refractivity contribution in [1.29, 1.82) is 0 Å². The van der Waals surface area contributed by atoms with Crippen molar-refractivity contribution in [1.82, 2.24) is 4.98 Å². The Kier molecular flexibility index (Phi) is 2.80. The highest BCUT2D eigenvalue weighted by molar-refractivity contribution is 5.63. The van der Waals surface area contributed by atoms with Crippen LogP contribution in [0.4, 0.5) is 11.5 Å². The van der Waals surface area contributed by atoms with Crippen molar-refractivity contribution in [3.63, 3.8) is 0 Å². The molecule has 1 saturated heterocycles. The SMILES string of the molecule is CC1CCC(C)N(c2cccnc2N)C1. The van der Waals surface area contributed by atoms with Gasteiger partial charge in [0.15, 0.2) is 0 Å². The van der Waals surface area contributed by atoms with Gasteiger partial charge in [-0.2, -0.15) is 0 Å². The summed E-state index contributed by atoms with van der Waals surface area (Å²) in [6.45, 7) is 5.65. The third-order valence-corrected chi connectivity index (χ3v) is 3.24. The van der Waals surface area contributed by atoms with Crippen LogP contribution in [0.5, 0.6) is 0 Å². The van der Waals surface area contributed by atoms with Crippen LogP contribution in [0.3, 0.4) is 0 Å². The van der Waals surface area contributed by atoms with E-state index in [-0.39, 0.29) is 0 Å². The second kappa shape index (κ2) is 4.09. The Morgan fingerprint density at radius 3 is 2.93 bits per heavy atom. The van der Waals surface area contributed by atoms with Crippen LogP contribution in [-0.4, -0.2) is 17.6 Å². The molecule has 2 atom stereocenters. The van der Waals surface area contributed by atoms with E-state index in [0.717, 1.165) is 18.2 Å². The second-order valence-corrected chi connectivity index (χ2v) is 4.59. The molecule has 1 fully saturated rings. The van der Waals surface area contributed by atoms with Crippen molar-refractivity contribution < 1.29 is 0 Å². The molecule has 0 bridgehead atoms. The highest BCUT2D eigenvalue weighted by Gasteiger charge is 2.24. The van der Waals surface area contributed by atoms with Gasteiger partial charge in [-0.05, 0) is 37.8 Å². The molecule has 3 nitrogen and oxygen atoms in total. The third-order valence-electron chi connectivity index (χ3n) is 3.24. The summed E-state index contributed by atoms with van der Waals surface area (Å²) >= 11 is 0. The number of anilines is 2. The molecule has 1 aliphatic rings. The minimum Gasteiger partial charge on any atom is -0.382 e. The molecule has 0 amide bonds. The molecule has 0 aromatic carbocycles. The van der Waals surface area contributed by atoms with E-state index < -0.39 is 0 Å².